The standard InChI is InChI=1S/C14H17FN2O2S2/c1-10-8-20-9-12(10)7-17-21(18,19)14-5-13(15)4-3-11(14)6-16-2/h3-5,8-9,16-17H,6-7H2,1-2H3. The maximum atomic E-state index is 13.4. The molecule has 1 aromatic heterocycles. The molecule has 4 nitrogen and oxygen atoms in total. The van der Waals surface area contributed by atoms with E-state index < -0.39 is 15.8 Å². The van der Waals surface area contributed by atoms with Gasteiger partial charge in [0.05, 0.1) is 4.90 Å². The molecule has 0 saturated carbocycles. The monoisotopic (exact) mass is 328 g/mol. The summed E-state index contributed by atoms with van der Waals surface area (Å²) in [6.07, 6.45) is 0. The number of benzene rings is 1. The van der Waals surface area contributed by atoms with Crippen LogP contribution < -0.4 is 10.0 Å². The number of hydrogen-bond acceptors (Lipinski definition) is 4. The minimum Gasteiger partial charge on any atom is -0.316 e. The molecule has 0 spiro atoms. The number of halogens is 1. The summed E-state index contributed by atoms with van der Waals surface area (Å²) in [7, 11) is -2.04. The van der Waals surface area contributed by atoms with Crippen LogP contribution in [0.5, 0.6) is 0 Å². The zero-order chi connectivity index (χ0) is 15.5. The van der Waals surface area contributed by atoms with Gasteiger partial charge in [-0.2, -0.15) is 11.3 Å². The van der Waals surface area contributed by atoms with E-state index in [2.05, 4.69) is 10.0 Å². The van der Waals surface area contributed by atoms with Gasteiger partial charge in [0, 0.05) is 13.1 Å². The van der Waals surface area contributed by atoms with Crippen LogP contribution in [0.2, 0.25) is 0 Å². The Hall–Kier alpha value is -1.28. The minimum absolute atomic E-state index is 0.0234. The molecule has 0 atom stereocenters. The van der Waals surface area contributed by atoms with Crippen molar-refractivity contribution in [3.63, 3.8) is 0 Å². The molecule has 0 fully saturated rings. The normalized spacial score (nSPS) is 11.8. The van der Waals surface area contributed by atoms with Crippen molar-refractivity contribution in [2.75, 3.05) is 7.05 Å². The Kier molecular flexibility index (Phi) is 5.10. The van der Waals surface area contributed by atoms with E-state index in [-0.39, 0.29) is 11.4 Å². The van der Waals surface area contributed by atoms with Gasteiger partial charge in [0.1, 0.15) is 5.82 Å². The Balaban J connectivity index is 2.26. The largest absolute Gasteiger partial charge is 0.316 e. The molecule has 1 aromatic carbocycles. The third-order valence-electron chi connectivity index (χ3n) is 3.10. The fourth-order valence-electron chi connectivity index (χ4n) is 1.93. The van der Waals surface area contributed by atoms with Gasteiger partial charge in [-0.25, -0.2) is 17.5 Å². The number of hydrogen-bond donors (Lipinski definition) is 2. The highest BCUT2D eigenvalue weighted by atomic mass is 32.2. The van der Waals surface area contributed by atoms with Crippen LogP contribution in [0.1, 0.15) is 16.7 Å². The Morgan fingerprint density at radius 3 is 2.57 bits per heavy atom. The van der Waals surface area contributed by atoms with Crippen molar-refractivity contribution in [3.8, 4) is 0 Å². The van der Waals surface area contributed by atoms with Gasteiger partial charge >= 0.3 is 0 Å². The number of aryl methyl sites for hydroxylation is 1. The third-order valence-corrected chi connectivity index (χ3v) is 5.49. The lowest BCUT2D eigenvalue weighted by Crippen LogP contribution is -2.25. The van der Waals surface area contributed by atoms with Crippen LogP contribution in [0.15, 0.2) is 33.9 Å². The van der Waals surface area contributed by atoms with Crippen LogP contribution in [0.3, 0.4) is 0 Å². The highest BCUT2D eigenvalue weighted by Gasteiger charge is 2.19. The first kappa shape index (κ1) is 16.1. The quantitative estimate of drug-likeness (QED) is 0.856. The fraction of sp³-hybridized carbons (Fsp3) is 0.286. The van der Waals surface area contributed by atoms with E-state index in [1.807, 2.05) is 17.7 Å². The highest BCUT2D eigenvalue weighted by molar-refractivity contribution is 7.89. The molecule has 0 aliphatic rings. The van der Waals surface area contributed by atoms with E-state index in [4.69, 9.17) is 0 Å². The molecule has 0 aliphatic carbocycles. The lowest BCUT2D eigenvalue weighted by Gasteiger charge is -2.11. The summed E-state index contributed by atoms with van der Waals surface area (Å²) < 4.78 is 40.7. The number of sulfonamides is 1. The first-order valence-electron chi connectivity index (χ1n) is 6.38. The Bertz CT molecular complexity index is 726. The molecule has 2 rings (SSSR count). The van der Waals surface area contributed by atoms with Gasteiger partial charge in [-0.1, -0.05) is 6.07 Å². The maximum absolute atomic E-state index is 13.4. The van der Waals surface area contributed by atoms with Crippen molar-refractivity contribution in [1.29, 1.82) is 0 Å². The van der Waals surface area contributed by atoms with Crippen LogP contribution in [0.4, 0.5) is 4.39 Å². The zero-order valence-electron chi connectivity index (χ0n) is 11.8. The molecule has 0 aliphatic heterocycles. The average Bonchev–Trinajstić information content (AvgIpc) is 2.84. The van der Waals surface area contributed by atoms with Gasteiger partial charge in [-0.3, -0.25) is 0 Å². The highest BCUT2D eigenvalue weighted by Crippen LogP contribution is 2.19. The summed E-state index contributed by atoms with van der Waals surface area (Å²) in [4.78, 5) is -0.0234. The lowest BCUT2D eigenvalue weighted by molar-refractivity contribution is 0.574. The molecule has 0 unspecified atom stereocenters. The van der Waals surface area contributed by atoms with Gasteiger partial charge in [0.15, 0.2) is 0 Å². The van der Waals surface area contributed by atoms with E-state index in [1.165, 1.54) is 23.5 Å². The van der Waals surface area contributed by atoms with Gasteiger partial charge in [0.25, 0.3) is 0 Å². The molecule has 0 radical (unpaired) electrons. The third kappa shape index (κ3) is 3.88. The lowest BCUT2D eigenvalue weighted by atomic mass is 10.2. The first-order valence-corrected chi connectivity index (χ1v) is 8.81. The summed E-state index contributed by atoms with van der Waals surface area (Å²) in [5.74, 6) is -0.568. The summed E-state index contributed by atoms with van der Waals surface area (Å²) >= 11 is 1.52. The Morgan fingerprint density at radius 2 is 1.95 bits per heavy atom. The van der Waals surface area contributed by atoms with Crippen molar-refractivity contribution in [3.05, 3.63) is 51.5 Å². The van der Waals surface area contributed by atoms with E-state index in [0.717, 1.165) is 17.2 Å². The van der Waals surface area contributed by atoms with Crippen molar-refractivity contribution in [2.24, 2.45) is 0 Å². The molecule has 21 heavy (non-hydrogen) atoms. The van der Waals surface area contributed by atoms with Crippen molar-refractivity contribution >= 4 is 21.4 Å². The van der Waals surface area contributed by atoms with Gasteiger partial charge in [0.2, 0.25) is 10.0 Å². The number of rotatable bonds is 6. The van der Waals surface area contributed by atoms with Crippen LogP contribution in [0, 0.1) is 12.7 Å². The van der Waals surface area contributed by atoms with Gasteiger partial charge in [-0.15, -0.1) is 0 Å². The van der Waals surface area contributed by atoms with Crippen molar-refractivity contribution in [2.45, 2.75) is 24.9 Å². The van der Waals surface area contributed by atoms with Crippen LogP contribution in [-0.2, 0) is 23.1 Å². The molecule has 0 bridgehead atoms. The minimum atomic E-state index is -3.75. The second-order valence-corrected chi connectivity index (χ2v) is 7.17. The predicted molar refractivity (Wildman–Crippen MR) is 82.2 cm³/mol. The van der Waals surface area contributed by atoms with E-state index in [0.29, 0.717) is 12.1 Å². The van der Waals surface area contributed by atoms with Crippen molar-refractivity contribution < 1.29 is 12.8 Å². The van der Waals surface area contributed by atoms with E-state index in [1.54, 1.807) is 7.05 Å². The fourth-order valence-corrected chi connectivity index (χ4v) is 4.04. The number of thiophene rings is 1. The molecule has 7 heteroatoms. The zero-order valence-corrected chi connectivity index (χ0v) is 13.4. The Morgan fingerprint density at radius 1 is 1.19 bits per heavy atom. The molecule has 0 amide bonds. The van der Waals surface area contributed by atoms with Crippen LogP contribution >= 0.6 is 11.3 Å². The first-order chi connectivity index (χ1) is 9.94. The van der Waals surface area contributed by atoms with Crippen molar-refractivity contribution in [1.82, 2.24) is 10.0 Å². The molecule has 2 aromatic rings. The predicted octanol–water partition coefficient (Wildman–Crippen LogP) is 2.39. The Labute approximate surface area is 128 Å². The molecule has 114 valence electrons. The SMILES string of the molecule is CNCc1ccc(F)cc1S(=O)(=O)NCc1cscc1C. The van der Waals surface area contributed by atoms with Gasteiger partial charge < -0.3 is 5.32 Å². The summed E-state index contributed by atoms with van der Waals surface area (Å²) in [5, 5.41) is 6.74. The number of nitrogens with one attached hydrogen (secondary N) is 2. The maximum Gasteiger partial charge on any atom is 0.241 e. The second kappa shape index (κ2) is 6.65. The second-order valence-electron chi connectivity index (χ2n) is 4.69. The molecule has 0 saturated heterocycles. The summed E-state index contributed by atoms with van der Waals surface area (Å²) in [5.41, 5.74) is 2.50. The van der Waals surface area contributed by atoms with E-state index in [9.17, 15) is 12.8 Å². The molecular weight excluding hydrogens is 311 g/mol. The van der Waals surface area contributed by atoms with Gasteiger partial charge in [-0.05, 0) is 53.6 Å². The smallest absolute Gasteiger partial charge is 0.241 e. The topological polar surface area (TPSA) is 58.2 Å². The summed E-state index contributed by atoms with van der Waals surface area (Å²) in [6, 6.07) is 3.79. The molecular formula is C14H17FN2O2S2. The molecule has 1 heterocycles. The van der Waals surface area contributed by atoms with Crippen LogP contribution in [0.25, 0.3) is 0 Å². The van der Waals surface area contributed by atoms with E-state index >= 15 is 0 Å². The average molecular weight is 328 g/mol. The summed E-state index contributed by atoms with van der Waals surface area (Å²) in [6.45, 7) is 2.48. The van der Waals surface area contributed by atoms with Crippen LogP contribution in [-0.4, -0.2) is 15.5 Å². The molecule has 2 N–H and O–H groups in total.